The molecule has 0 aliphatic rings. The Kier molecular flexibility index (Phi) is 4.09. The van der Waals surface area contributed by atoms with E-state index in [1.807, 2.05) is 17.7 Å². The fourth-order valence-electron chi connectivity index (χ4n) is 2.10. The minimum absolute atomic E-state index is 0.0161. The zero-order valence-electron chi connectivity index (χ0n) is 10.9. The summed E-state index contributed by atoms with van der Waals surface area (Å²) in [6, 6.07) is 2.04. The standard InChI is InChI=1S/C13H18ClN3O/c1-4-15-12(10-6-9(3)18-8-10)13-11(14)7-16-17(13)5-2/h6-8,12,15H,4-5H2,1-3H3. The van der Waals surface area contributed by atoms with Crippen LogP contribution in [0.3, 0.4) is 0 Å². The highest BCUT2D eigenvalue weighted by atomic mass is 35.5. The Morgan fingerprint density at radius 1 is 1.50 bits per heavy atom. The first-order valence-electron chi connectivity index (χ1n) is 6.17. The highest BCUT2D eigenvalue weighted by Crippen LogP contribution is 2.29. The predicted octanol–water partition coefficient (Wildman–Crippen LogP) is 3.16. The molecular weight excluding hydrogens is 250 g/mol. The number of hydrogen-bond acceptors (Lipinski definition) is 3. The minimum atomic E-state index is 0.0161. The van der Waals surface area contributed by atoms with Gasteiger partial charge in [0.1, 0.15) is 5.76 Å². The number of aromatic nitrogens is 2. The van der Waals surface area contributed by atoms with Crippen LogP contribution in [0.4, 0.5) is 0 Å². The first-order chi connectivity index (χ1) is 8.67. The van der Waals surface area contributed by atoms with Crippen molar-refractivity contribution in [2.75, 3.05) is 6.54 Å². The number of rotatable bonds is 5. The van der Waals surface area contributed by atoms with Crippen molar-refractivity contribution < 1.29 is 4.42 Å². The maximum absolute atomic E-state index is 6.26. The van der Waals surface area contributed by atoms with E-state index >= 15 is 0 Å². The predicted molar refractivity (Wildman–Crippen MR) is 71.9 cm³/mol. The summed E-state index contributed by atoms with van der Waals surface area (Å²) in [6.45, 7) is 7.70. The first kappa shape index (κ1) is 13.2. The van der Waals surface area contributed by atoms with E-state index in [9.17, 15) is 0 Å². The molecule has 0 aliphatic heterocycles. The molecule has 0 aliphatic carbocycles. The molecule has 2 heterocycles. The van der Waals surface area contributed by atoms with Gasteiger partial charge in [-0.05, 0) is 26.5 Å². The van der Waals surface area contributed by atoms with Crippen LogP contribution in [0.2, 0.25) is 5.02 Å². The Labute approximate surface area is 112 Å². The Hall–Kier alpha value is -1.26. The van der Waals surface area contributed by atoms with Gasteiger partial charge in [-0.15, -0.1) is 0 Å². The van der Waals surface area contributed by atoms with Crippen molar-refractivity contribution in [2.24, 2.45) is 0 Å². The number of aryl methyl sites for hydroxylation is 2. The van der Waals surface area contributed by atoms with Crippen LogP contribution >= 0.6 is 11.6 Å². The van der Waals surface area contributed by atoms with Crippen LogP contribution in [0.5, 0.6) is 0 Å². The van der Waals surface area contributed by atoms with Gasteiger partial charge in [-0.1, -0.05) is 18.5 Å². The Bertz CT molecular complexity index is 518. The van der Waals surface area contributed by atoms with Gasteiger partial charge in [0, 0.05) is 12.1 Å². The monoisotopic (exact) mass is 267 g/mol. The molecule has 0 saturated heterocycles. The van der Waals surface area contributed by atoms with Gasteiger partial charge < -0.3 is 9.73 Å². The molecule has 0 fully saturated rings. The van der Waals surface area contributed by atoms with Crippen LogP contribution in [-0.2, 0) is 6.54 Å². The smallest absolute Gasteiger partial charge is 0.101 e. The molecule has 0 aromatic carbocycles. The molecule has 2 aromatic heterocycles. The molecule has 1 atom stereocenters. The van der Waals surface area contributed by atoms with Crippen molar-refractivity contribution in [1.29, 1.82) is 0 Å². The zero-order chi connectivity index (χ0) is 13.1. The fraction of sp³-hybridized carbons (Fsp3) is 0.462. The van der Waals surface area contributed by atoms with E-state index in [0.717, 1.165) is 30.1 Å². The van der Waals surface area contributed by atoms with Crippen LogP contribution in [0.25, 0.3) is 0 Å². The normalized spacial score (nSPS) is 12.9. The van der Waals surface area contributed by atoms with Gasteiger partial charge in [-0.2, -0.15) is 5.10 Å². The summed E-state index contributed by atoms with van der Waals surface area (Å²) >= 11 is 6.26. The molecule has 0 amide bonds. The number of hydrogen-bond donors (Lipinski definition) is 1. The molecule has 0 saturated carbocycles. The number of furan rings is 1. The summed E-state index contributed by atoms with van der Waals surface area (Å²) in [7, 11) is 0. The highest BCUT2D eigenvalue weighted by molar-refractivity contribution is 6.31. The molecule has 98 valence electrons. The fourth-order valence-corrected chi connectivity index (χ4v) is 2.35. The van der Waals surface area contributed by atoms with Crippen LogP contribution in [0, 0.1) is 6.92 Å². The highest BCUT2D eigenvalue weighted by Gasteiger charge is 2.22. The van der Waals surface area contributed by atoms with E-state index in [2.05, 4.69) is 24.3 Å². The van der Waals surface area contributed by atoms with Crippen LogP contribution < -0.4 is 5.32 Å². The summed E-state index contributed by atoms with van der Waals surface area (Å²) in [5.41, 5.74) is 2.06. The molecule has 2 rings (SSSR count). The van der Waals surface area contributed by atoms with E-state index in [0.29, 0.717) is 5.02 Å². The molecule has 0 radical (unpaired) electrons. The minimum Gasteiger partial charge on any atom is -0.469 e. The molecule has 18 heavy (non-hydrogen) atoms. The van der Waals surface area contributed by atoms with Gasteiger partial charge in [0.2, 0.25) is 0 Å². The largest absolute Gasteiger partial charge is 0.469 e. The van der Waals surface area contributed by atoms with E-state index in [-0.39, 0.29) is 6.04 Å². The lowest BCUT2D eigenvalue weighted by Crippen LogP contribution is -2.24. The lowest BCUT2D eigenvalue weighted by Gasteiger charge is -2.18. The van der Waals surface area contributed by atoms with Gasteiger partial charge in [-0.25, -0.2) is 0 Å². The van der Waals surface area contributed by atoms with Crippen LogP contribution in [0.1, 0.15) is 36.9 Å². The van der Waals surface area contributed by atoms with Gasteiger partial charge in [0.05, 0.1) is 29.2 Å². The molecule has 1 unspecified atom stereocenters. The van der Waals surface area contributed by atoms with Crippen molar-refractivity contribution in [3.8, 4) is 0 Å². The third-order valence-corrected chi connectivity index (χ3v) is 3.19. The topological polar surface area (TPSA) is 43.0 Å². The zero-order valence-corrected chi connectivity index (χ0v) is 11.7. The maximum atomic E-state index is 6.26. The molecule has 4 nitrogen and oxygen atoms in total. The van der Waals surface area contributed by atoms with Gasteiger partial charge >= 0.3 is 0 Å². The number of halogens is 1. The van der Waals surface area contributed by atoms with Gasteiger partial charge in [0.15, 0.2) is 0 Å². The molecule has 2 aromatic rings. The van der Waals surface area contributed by atoms with Crippen LogP contribution in [-0.4, -0.2) is 16.3 Å². The quantitative estimate of drug-likeness (QED) is 0.905. The Balaban J connectivity index is 2.43. The van der Waals surface area contributed by atoms with Crippen LogP contribution in [0.15, 0.2) is 22.9 Å². The average Bonchev–Trinajstić information content (AvgIpc) is 2.93. The molecule has 0 bridgehead atoms. The Morgan fingerprint density at radius 2 is 2.28 bits per heavy atom. The van der Waals surface area contributed by atoms with Crippen molar-refractivity contribution in [2.45, 2.75) is 33.4 Å². The van der Waals surface area contributed by atoms with Crippen molar-refractivity contribution in [1.82, 2.24) is 15.1 Å². The van der Waals surface area contributed by atoms with Gasteiger partial charge in [-0.3, -0.25) is 4.68 Å². The molecular formula is C13H18ClN3O. The average molecular weight is 268 g/mol. The second-order valence-corrected chi connectivity index (χ2v) is 4.58. The van der Waals surface area contributed by atoms with E-state index in [4.69, 9.17) is 16.0 Å². The van der Waals surface area contributed by atoms with E-state index < -0.39 is 0 Å². The summed E-state index contributed by atoms with van der Waals surface area (Å²) in [4.78, 5) is 0. The number of nitrogens with one attached hydrogen (secondary N) is 1. The molecule has 1 N–H and O–H groups in total. The van der Waals surface area contributed by atoms with Crippen molar-refractivity contribution in [3.05, 3.63) is 40.6 Å². The molecule has 5 heteroatoms. The number of nitrogens with zero attached hydrogens (tertiary/aromatic N) is 2. The third kappa shape index (κ3) is 2.44. The van der Waals surface area contributed by atoms with E-state index in [1.165, 1.54) is 0 Å². The lowest BCUT2D eigenvalue weighted by molar-refractivity contribution is 0.514. The van der Waals surface area contributed by atoms with E-state index in [1.54, 1.807) is 12.5 Å². The summed E-state index contributed by atoms with van der Waals surface area (Å²) in [6.07, 6.45) is 3.46. The lowest BCUT2D eigenvalue weighted by atomic mass is 10.1. The first-order valence-corrected chi connectivity index (χ1v) is 6.54. The van der Waals surface area contributed by atoms with Crippen molar-refractivity contribution >= 4 is 11.6 Å². The molecule has 0 spiro atoms. The van der Waals surface area contributed by atoms with Crippen molar-refractivity contribution in [3.63, 3.8) is 0 Å². The second kappa shape index (κ2) is 5.59. The second-order valence-electron chi connectivity index (χ2n) is 4.17. The maximum Gasteiger partial charge on any atom is 0.101 e. The summed E-state index contributed by atoms with van der Waals surface area (Å²) in [5.74, 6) is 0.895. The summed E-state index contributed by atoms with van der Waals surface area (Å²) < 4.78 is 7.31. The third-order valence-electron chi connectivity index (χ3n) is 2.90. The van der Waals surface area contributed by atoms with Gasteiger partial charge in [0.25, 0.3) is 0 Å². The SMILES string of the molecule is CCNC(c1coc(C)c1)c1c(Cl)cnn1CC. The summed E-state index contributed by atoms with van der Waals surface area (Å²) in [5, 5.41) is 8.39. The Morgan fingerprint density at radius 3 is 2.83 bits per heavy atom.